The molecule has 0 spiro atoms. The molecule has 1 heterocycles. The Labute approximate surface area is 207 Å². The molecule has 4 N–H and O–H groups in total. The number of nitrogens with zero attached hydrogens (tertiary/aromatic N) is 2. The fraction of sp³-hybridized carbons (Fsp3) is 0.192. The number of anilines is 1. The topological polar surface area (TPSA) is 144 Å². The lowest BCUT2D eigenvalue weighted by molar-refractivity contribution is 0.0696. The first-order valence-corrected chi connectivity index (χ1v) is 13.1. The second-order valence-electron chi connectivity index (χ2n) is 8.85. The lowest BCUT2D eigenvalue weighted by Gasteiger charge is -2.17. The van der Waals surface area contributed by atoms with Gasteiger partial charge in [0.1, 0.15) is 5.82 Å². The summed E-state index contributed by atoms with van der Waals surface area (Å²) in [4.78, 5) is 28.9. The molecule has 1 amide bonds. The average molecular weight is 505 g/mol. The summed E-state index contributed by atoms with van der Waals surface area (Å²) in [7, 11) is -3.81. The van der Waals surface area contributed by atoms with Crippen LogP contribution in [0.25, 0.3) is 22.4 Å². The number of carboxylic acids is 1. The third-order valence-electron chi connectivity index (χ3n) is 6.47. The number of sulfonamides is 1. The summed E-state index contributed by atoms with van der Waals surface area (Å²) in [6.07, 6.45) is 4.33. The molecule has 0 atom stereocenters. The Morgan fingerprint density at radius 3 is 2.19 bits per heavy atom. The maximum Gasteiger partial charge on any atom is 0.335 e. The van der Waals surface area contributed by atoms with Crippen LogP contribution in [0.15, 0.2) is 71.6 Å². The van der Waals surface area contributed by atoms with Crippen molar-refractivity contribution in [3.05, 3.63) is 77.9 Å². The van der Waals surface area contributed by atoms with E-state index in [1.165, 1.54) is 24.3 Å². The van der Waals surface area contributed by atoms with Crippen molar-refractivity contribution in [2.75, 3.05) is 5.32 Å². The summed E-state index contributed by atoms with van der Waals surface area (Å²) in [6.45, 7) is 0. The maximum absolute atomic E-state index is 12.7. The zero-order valence-corrected chi connectivity index (χ0v) is 20.0. The van der Waals surface area contributed by atoms with Crippen molar-refractivity contribution in [1.29, 1.82) is 0 Å². The first-order valence-electron chi connectivity index (χ1n) is 11.5. The number of nitrogens with one attached hydrogen (secondary N) is 1. The molecule has 36 heavy (non-hydrogen) atoms. The standard InChI is InChI=1S/C26H24N4O5S/c27-36(34,35)21-12-10-19(11-13-21)28-25(31)17-7-5-16(6-8-17)24-29-22-15-18(26(32)33)9-14-23(22)30(24)20-3-1-2-4-20/h5-15,20H,1-4H2,(H,28,31)(H,32,33)(H2,27,34,35). The molecular formula is C26H24N4O5S. The highest BCUT2D eigenvalue weighted by Gasteiger charge is 2.24. The van der Waals surface area contributed by atoms with E-state index in [4.69, 9.17) is 10.1 Å². The number of aromatic carboxylic acids is 1. The summed E-state index contributed by atoms with van der Waals surface area (Å²) in [5, 5.41) is 17.2. The summed E-state index contributed by atoms with van der Waals surface area (Å²) in [5.41, 5.74) is 3.39. The zero-order chi connectivity index (χ0) is 25.4. The predicted molar refractivity (Wildman–Crippen MR) is 135 cm³/mol. The van der Waals surface area contributed by atoms with Crippen LogP contribution in [0.4, 0.5) is 5.69 Å². The molecule has 1 saturated carbocycles. The molecule has 184 valence electrons. The highest BCUT2D eigenvalue weighted by atomic mass is 32.2. The largest absolute Gasteiger partial charge is 0.478 e. The molecule has 10 heteroatoms. The number of carboxylic acid groups (broad SMARTS) is 1. The predicted octanol–water partition coefficient (Wildman–Crippen LogP) is 4.42. The Balaban J connectivity index is 1.44. The van der Waals surface area contributed by atoms with Gasteiger partial charge in [-0.15, -0.1) is 0 Å². The van der Waals surface area contributed by atoms with Crippen LogP contribution in [0, 0.1) is 0 Å². The van der Waals surface area contributed by atoms with Crippen molar-refractivity contribution in [2.45, 2.75) is 36.6 Å². The van der Waals surface area contributed by atoms with Crippen LogP contribution in [-0.2, 0) is 10.0 Å². The minimum atomic E-state index is -3.81. The summed E-state index contributed by atoms with van der Waals surface area (Å²) >= 11 is 0. The Morgan fingerprint density at radius 1 is 0.944 bits per heavy atom. The van der Waals surface area contributed by atoms with Crippen LogP contribution in [0.2, 0.25) is 0 Å². The van der Waals surface area contributed by atoms with Gasteiger partial charge in [0.15, 0.2) is 0 Å². The van der Waals surface area contributed by atoms with Crippen molar-refractivity contribution in [3.8, 4) is 11.4 Å². The van der Waals surface area contributed by atoms with E-state index in [0.29, 0.717) is 16.8 Å². The number of primary sulfonamides is 1. The number of benzene rings is 3. The fourth-order valence-electron chi connectivity index (χ4n) is 4.67. The van der Waals surface area contributed by atoms with E-state index in [-0.39, 0.29) is 22.4 Å². The normalized spacial score (nSPS) is 14.2. The minimum Gasteiger partial charge on any atom is -0.478 e. The molecule has 9 nitrogen and oxygen atoms in total. The van der Waals surface area contributed by atoms with E-state index in [9.17, 15) is 23.1 Å². The van der Waals surface area contributed by atoms with E-state index < -0.39 is 16.0 Å². The molecule has 0 radical (unpaired) electrons. The Hall–Kier alpha value is -4.02. The van der Waals surface area contributed by atoms with Gasteiger partial charge in [0.2, 0.25) is 10.0 Å². The van der Waals surface area contributed by atoms with E-state index in [0.717, 1.165) is 42.6 Å². The zero-order valence-electron chi connectivity index (χ0n) is 19.2. The quantitative estimate of drug-likeness (QED) is 0.355. The van der Waals surface area contributed by atoms with E-state index in [2.05, 4.69) is 9.88 Å². The van der Waals surface area contributed by atoms with Gasteiger partial charge in [-0.25, -0.2) is 23.3 Å². The first kappa shape index (κ1) is 23.7. The van der Waals surface area contributed by atoms with Crippen molar-refractivity contribution in [3.63, 3.8) is 0 Å². The first-order chi connectivity index (χ1) is 17.2. The van der Waals surface area contributed by atoms with Gasteiger partial charge < -0.3 is 15.0 Å². The number of imidazole rings is 1. The molecule has 0 unspecified atom stereocenters. The third-order valence-corrected chi connectivity index (χ3v) is 7.40. The number of fused-ring (bicyclic) bond motifs is 1. The molecule has 4 aromatic rings. The molecule has 3 aromatic carbocycles. The fourth-order valence-corrected chi connectivity index (χ4v) is 5.18. The summed E-state index contributed by atoms with van der Waals surface area (Å²) in [5.74, 6) is -0.603. The highest BCUT2D eigenvalue weighted by molar-refractivity contribution is 7.89. The molecule has 0 bridgehead atoms. The van der Waals surface area contributed by atoms with Gasteiger partial charge in [-0.05, 0) is 67.4 Å². The summed E-state index contributed by atoms with van der Waals surface area (Å²) in [6, 6.07) is 17.9. The van der Waals surface area contributed by atoms with Crippen LogP contribution in [0.1, 0.15) is 52.4 Å². The van der Waals surface area contributed by atoms with Gasteiger partial charge in [-0.2, -0.15) is 0 Å². The average Bonchev–Trinajstić information content (AvgIpc) is 3.51. The SMILES string of the molecule is NS(=O)(=O)c1ccc(NC(=O)c2ccc(-c3nc4cc(C(=O)O)ccc4n3C3CCCC3)cc2)cc1. The lowest BCUT2D eigenvalue weighted by Crippen LogP contribution is -2.14. The van der Waals surface area contributed by atoms with Gasteiger partial charge in [0, 0.05) is 22.9 Å². The van der Waals surface area contributed by atoms with Gasteiger partial charge in [-0.1, -0.05) is 25.0 Å². The lowest BCUT2D eigenvalue weighted by atomic mass is 10.1. The second kappa shape index (κ2) is 9.21. The third kappa shape index (κ3) is 4.60. The van der Waals surface area contributed by atoms with Crippen LogP contribution in [0.3, 0.4) is 0 Å². The molecule has 1 aliphatic carbocycles. The highest BCUT2D eigenvalue weighted by Crippen LogP contribution is 2.37. The number of hydrogen-bond donors (Lipinski definition) is 3. The van der Waals surface area contributed by atoms with Crippen LogP contribution >= 0.6 is 0 Å². The van der Waals surface area contributed by atoms with Crippen molar-refractivity contribution in [2.24, 2.45) is 5.14 Å². The second-order valence-corrected chi connectivity index (χ2v) is 10.4. The van der Waals surface area contributed by atoms with Crippen molar-refractivity contribution in [1.82, 2.24) is 9.55 Å². The smallest absolute Gasteiger partial charge is 0.335 e. The molecule has 0 aliphatic heterocycles. The number of aromatic nitrogens is 2. The number of rotatable bonds is 6. The van der Waals surface area contributed by atoms with Crippen LogP contribution in [0.5, 0.6) is 0 Å². The minimum absolute atomic E-state index is 0.0366. The number of amides is 1. The van der Waals surface area contributed by atoms with Gasteiger partial charge in [0.05, 0.1) is 21.5 Å². The number of nitrogens with two attached hydrogens (primary N) is 1. The molecule has 1 aliphatic rings. The number of hydrogen-bond acceptors (Lipinski definition) is 5. The van der Waals surface area contributed by atoms with Crippen LogP contribution < -0.4 is 10.5 Å². The van der Waals surface area contributed by atoms with Crippen molar-refractivity contribution >= 4 is 38.6 Å². The Kier molecular flexibility index (Phi) is 6.07. The Morgan fingerprint density at radius 2 is 1.58 bits per heavy atom. The maximum atomic E-state index is 12.7. The number of carbonyl (C=O) groups excluding carboxylic acids is 1. The number of carbonyl (C=O) groups is 2. The molecule has 0 saturated heterocycles. The monoisotopic (exact) mass is 504 g/mol. The van der Waals surface area contributed by atoms with E-state index >= 15 is 0 Å². The van der Waals surface area contributed by atoms with Gasteiger partial charge in [0.25, 0.3) is 5.91 Å². The van der Waals surface area contributed by atoms with Crippen LogP contribution in [-0.4, -0.2) is 35.0 Å². The van der Waals surface area contributed by atoms with Crippen molar-refractivity contribution < 1.29 is 23.1 Å². The van der Waals surface area contributed by atoms with Gasteiger partial charge >= 0.3 is 5.97 Å². The summed E-state index contributed by atoms with van der Waals surface area (Å²) < 4.78 is 25.0. The molecular weight excluding hydrogens is 480 g/mol. The molecule has 1 aromatic heterocycles. The van der Waals surface area contributed by atoms with E-state index in [1.54, 1.807) is 24.3 Å². The van der Waals surface area contributed by atoms with Gasteiger partial charge in [-0.3, -0.25) is 4.79 Å². The molecule has 5 rings (SSSR count). The van der Waals surface area contributed by atoms with E-state index in [1.807, 2.05) is 18.2 Å². The molecule has 1 fully saturated rings. The Bertz CT molecular complexity index is 1570.